The second-order valence-corrected chi connectivity index (χ2v) is 6.08. The third-order valence-electron chi connectivity index (χ3n) is 3.43. The van der Waals surface area contributed by atoms with Crippen LogP contribution in [0.15, 0.2) is 50.7 Å². The van der Waals surface area contributed by atoms with Gasteiger partial charge >= 0.3 is 0 Å². The molecule has 0 atom stereocenters. The first-order valence-corrected chi connectivity index (χ1v) is 8.54. The molecule has 0 saturated carbocycles. The maximum Gasteiger partial charge on any atom is 0.277 e. The molecule has 2 heterocycles. The van der Waals surface area contributed by atoms with E-state index in [4.69, 9.17) is 13.6 Å². The summed E-state index contributed by atoms with van der Waals surface area (Å²) in [5, 5.41) is 10.3. The Morgan fingerprint density at radius 2 is 1.96 bits per heavy atom. The largest absolute Gasteiger partial charge is 0.497 e. The average Bonchev–Trinajstić information content (AvgIpc) is 3.28. The molecule has 0 aliphatic rings. The number of carbonyl (C=O) groups is 2. The number of ether oxygens (including phenoxy) is 1. The number of aryl methyl sites for hydroxylation is 1. The van der Waals surface area contributed by atoms with Crippen LogP contribution in [0.3, 0.4) is 0 Å². The Hall–Kier alpha value is -3.07. The molecule has 8 nitrogen and oxygen atoms in total. The zero-order valence-electron chi connectivity index (χ0n) is 14.0. The second kappa shape index (κ2) is 7.87. The van der Waals surface area contributed by atoms with Gasteiger partial charge in [-0.2, -0.15) is 0 Å². The Bertz CT molecular complexity index is 917. The smallest absolute Gasteiger partial charge is 0.277 e. The van der Waals surface area contributed by atoms with Crippen LogP contribution in [0.4, 0.5) is 0 Å². The maximum atomic E-state index is 12.0. The monoisotopic (exact) mass is 373 g/mol. The first-order valence-electron chi connectivity index (χ1n) is 7.56. The van der Waals surface area contributed by atoms with Gasteiger partial charge in [-0.1, -0.05) is 11.8 Å². The zero-order valence-corrected chi connectivity index (χ0v) is 14.8. The Morgan fingerprint density at radius 1 is 1.19 bits per heavy atom. The third kappa shape index (κ3) is 4.12. The van der Waals surface area contributed by atoms with Gasteiger partial charge in [-0.15, -0.1) is 10.2 Å². The number of aromatic nitrogens is 2. The quantitative estimate of drug-likeness (QED) is 0.657. The van der Waals surface area contributed by atoms with Crippen molar-refractivity contribution in [2.45, 2.75) is 12.1 Å². The number of rotatable bonds is 6. The normalized spacial score (nSPS) is 10.5. The summed E-state index contributed by atoms with van der Waals surface area (Å²) in [5.41, 5.74) is 1.06. The summed E-state index contributed by atoms with van der Waals surface area (Å²) in [5.74, 6) is 0.618. The number of benzene rings is 1. The zero-order chi connectivity index (χ0) is 18.5. The highest BCUT2D eigenvalue weighted by molar-refractivity contribution is 7.99. The van der Waals surface area contributed by atoms with Crippen LogP contribution < -0.4 is 10.1 Å². The fraction of sp³-hybridized carbons (Fsp3) is 0.176. The summed E-state index contributed by atoms with van der Waals surface area (Å²) in [7, 11) is 1.53. The Balaban J connectivity index is 1.53. The van der Waals surface area contributed by atoms with Crippen LogP contribution in [0.25, 0.3) is 11.5 Å². The molecule has 2 amide bonds. The molecule has 0 fully saturated rings. The summed E-state index contributed by atoms with van der Waals surface area (Å²) in [6, 6.07) is 8.16. The van der Waals surface area contributed by atoms with Crippen molar-refractivity contribution in [1.29, 1.82) is 0 Å². The van der Waals surface area contributed by atoms with E-state index in [1.54, 1.807) is 37.3 Å². The van der Waals surface area contributed by atoms with Gasteiger partial charge in [0, 0.05) is 5.56 Å². The number of nitrogens with one attached hydrogen (secondary N) is 1. The van der Waals surface area contributed by atoms with Crippen LogP contribution in [0, 0.1) is 6.92 Å². The molecule has 0 unspecified atom stereocenters. The van der Waals surface area contributed by atoms with E-state index in [1.165, 1.54) is 13.4 Å². The molecule has 134 valence electrons. The summed E-state index contributed by atoms with van der Waals surface area (Å²) >= 11 is 1.04. The van der Waals surface area contributed by atoms with Gasteiger partial charge in [-0.25, -0.2) is 0 Å². The topological polar surface area (TPSA) is 107 Å². The molecule has 2 aromatic heterocycles. The minimum absolute atomic E-state index is 0.0338. The van der Waals surface area contributed by atoms with Gasteiger partial charge in [-0.05, 0) is 37.3 Å². The van der Waals surface area contributed by atoms with Crippen LogP contribution in [0.2, 0.25) is 0 Å². The fourth-order valence-corrected chi connectivity index (χ4v) is 2.65. The van der Waals surface area contributed by atoms with Gasteiger partial charge in [-0.3, -0.25) is 14.9 Å². The van der Waals surface area contributed by atoms with Crippen molar-refractivity contribution < 1.29 is 23.2 Å². The van der Waals surface area contributed by atoms with Crippen molar-refractivity contribution in [2.75, 3.05) is 12.9 Å². The summed E-state index contributed by atoms with van der Waals surface area (Å²) < 4.78 is 15.7. The number of imide groups is 1. The predicted octanol–water partition coefficient (Wildman–Crippen LogP) is 2.70. The van der Waals surface area contributed by atoms with Crippen LogP contribution in [0.1, 0.15) is 16.1 Å². The second-order valence-electron chi connectivity index (χ2n) is 5.16. The fourth-order valence-electron chi connectivity index (χ4n) is 2.09. The molecule has 1 N–H and O–H groups in total. The van der Waals surface area contributed by atoms with E-state index in [2.05, 4.69) is 15.5 Å². The molecule has 1 aromatic carbocycles. The first-order chi connectivity index (χ1) is 12.6. The molecule has 0 radical (unpaired) electrons. The molecule has 26 heavy (non-hydrogen) atoms. The van der Waals surface area contributed by atoms with Gasteiger partial charge in [0.15, 0.2) is 0 Å². The molecule has 0 aliphatic heterocycles. The van der Waals surface area contributed by atoms with Crippen LogP contribution in [-0.2, 0) is 4.79 Å². The van der Waals surface area contributed by atoms with Gasteiger partial charge in [0.2, 0.25) is 5.91 Å². The van der Waals surface area contributed by atoms with E-state index in [0.717, 1.165) is 11.8 Å². The SMILES string of the molecule is COc1ccc(C(=O)NC(=O)CSc2nnc(-c3ccoc3C)o2)cc1. The van der Waals surface area contributed by atoms with Crippen molar-refractivity contribution in [3.8, 4) is 17.2 Å². The Kier molecular flexibility index (Phi) is 5.37. The van der Waals surface area contributed by atoms with Gasteiger partial charge in [0.1, 0.15) is 11.5 Å². The molecule has 3 rings (SSSR count). The molecular weight excluding hydrogens is 358 g/mol. The number of hydrogen-bond donors (Lipinski definition) is 1. The Labute approximate surface area is 152 Å². The number of methoxy groups -OCH3 is 1. The highest BCUT2D eigenvalue weighted by Gasteiger charge is 2.16. The number of thioether (sulfide) groups is 1. The van der Waals surface area contributed by atoms with Crippen molar-refractivity contribution in [3.05, 3.63) is 47.9 Å². The summed E-state index contributed by atoms with van der Waals surface area (Å²) in [6.45, 7) is 1.78. The number of nitrogens with zero attached hydrogens (tertiary/aromatic N) is 2. The van der Waals surface area contributed by atoms with E-state index >= 15 is 0 Å². The van der Waals surface area contributed by atoms with Crippen LogP contribution in [-0.4, -0.2) is 34.9 Å². The molecular formula is C17H15N3O5S. The van der Waals surface area contributed by atoms with Gasteiger partial charge in [0.25, 0.3) is 17.0 Å². The molecule has 0 aliphatic carbocycles. The lowest BCUT2D eigenvalue weighted by atomic mass is 10.2. The summed E-state index contributed by atoms with van der Waals surface area (Å²) in [4.78, 5) is 23.9. The maximum absolute atomic E-state index is 12.0. The minimum Gasteiger partial charge on any atom is -0.497 e. The number of carbonyl (C=O) groups excluding carboxylic acids is 2. The van der Waals surface area contributed by atoms with E-state index in [9.17, 15) is 9.59 Å². The van der Waals surface area contributed by atoms with E-state index in [1.807, 2.05) is 0 Å². The van der Waals surface area contributed by atoms with Crippen molar-refractivity contribution in [1.82, 2.24) is 15.5 Å². The van der Waals surface area contributed by atoms with Crippen molar-refractivity contribution in [3.63, 3.8) is 0 Å². The van der Waals surface area contributed by atoms with E-state index < -0.39 is 11.8 Å². The number of furan rings is 1. The standard InChI is InChI=1S/C17H15N3O5S/c1-10-13(7-8-24-10)16-19-20-17(25-16)26-9-14(21)18-15(22)11-3-5-12(23-2)6-4-11/h3-8H,9H2,1-2H3,(H,18,21,22). The summed E-state index contributed by atoms with van der Waals surface area (Å²) in [6.07, 6.45) is 1.53. The van der Waals surface area contributed by atoms with E-state index in [-0.39, 0.29) is 11.0 Å². The van der Waals surface area contributed by atoms with Crippen molar-refractivity contribution in [2.24, 2.45) is 0 Å². The van der Waals surface area contributed by atoms with Gasteiger partial charge < -0.3 is 13.6 Å². The highest BCUT2D eigenvalue weighted by Crippen LogP contribution is 2.26. The molecule has 3 aromatic rings. The number of amides is 2. The Morgan fingerprint density at radius 3 is 2.62 bits per heavy atom. The third-order valence-corrected chi connectivity index (χ3v) is 4.25. The molecule has 0 bridgehead atoms. The molecule has 0 saturated heterocycles. The molecule has 9 heteroatoms. The highest BCUT2D eigenvalue weighted by atomic mass is 32.2. The van der Waals surface area contributed by atoms with Crippen LogP contribution >= 0.6 is 11.8 Å². The minimum atomic E-state index is -0.488. The average molecular weight is 373 g/mol. The lowest BCUT2D eigenvalue weighted by molar-refractivity contribution is -0.117. The predicted molar refractivity (Wildman–Crippen MR) is 92.9 cm³/mol. The van der Waals surface area contributed by atoms with Gasteiger partial charge in [0.05, 0.1) is 24.7 Å². The lowest BCUT2D eigenvalue weighted by Gasteiger charge is -2.04. The lowest BCUT2D eigenvalue weighted by Crippen LogP contribution is -2.31. The molecule has 0 spiro atoms. The first kappa shape index (κ1) is 17.7. The van der Waals surface area contributed by atoms with Crippen LogP contribution in [0.5, 0.6) is 5.75 Å². The van der Waals surface area contributed by atoms with Crippen molar-refractivity contribution >= 4 is 23.6 Å². The number of hydrogen-bond acceptors (Lipinski definition) is 8. The van der Waals surface area contributed by atoms with E-state index in [0.29, 0.717) is 28.5 Å².